The van der Waals surface area contributed by atoms with Gasteiger partial charge in [-0.25, -0.2) is 17.6 Å². The summed E-state index contributed by atoms with van der Waals surface area (Å²) in [5.41, 5.74) is 1.75. The molecule has 0 atom stereocenters. The summed E-state index contributed by atoms with van der Waals surface area (Å²) in [7, 11) is -2.66. The molecule has 1 aliphatic rings. The minimum Gasteiger partial charge on any atom is -0.494 e. The first kappa shape index (κ1) is 18.0. The van der Waals surface area contributed by atoms with Crippen molar-refractivity contribution in [3.63, 3.8) is 0 Å². The lowest BCUT2D eigenvalue weighted by Crippen LogP contribution is -2.38. The number of hydrogen-bond acceptors (Lipinski definition) is 4. The summed E-state index contributed by atoms with van der Waals surface area (Å²) >= 11 is 0. The van der Waals surface area contributed by atoms with Crippen LogP contribution < -0.4 is 14.8 Å². The van der Waals surface area contributed by atoms with Crippen molar-refractivity contribution in [2.75, 3.05) is 23.7 Å². The summed E-state index contributed by atoms with van der Waals surface area (Å²) in [6.07, 6.45) is 0. The van der Waals surface area contributed by atoms with Crippen molar-refractivity contribution in [2.24, 2.45) is 0 Å². The number of nitrogens with zero attached hydrogens (tertiary/aromatic N) is 1. The fourth-order valence-electron chi connectivity index (χ4n) is 2.67. The van der Waals surface area contributed by atoms with E-state index in [9.17, 15) is 17.6 Å². The molecule has 0 aliphatic carbocycles. The van der Waals surface area contributed by atoms with E-state index in [-0.39, 0.29) is 16.7 Å². The highest BCUT2D eigenvalue weighted by Gasteiger charge is 2.22. The number of halogens is 1. The summed E-state index contributed by atoms with van der Waals surface area (Å²) in [4.78, 5) is 13.2. The average Bonchev–Trinajstić information content (AvgIpc) is 2.61. The topological polar surface area (TPSA) is 87.7 Å². The van der Waals surface area contributed by atoms with E-state index in [0.717, 1.165) is 11.6 Å². The first-order valence-corrected chi connectivity index (χ1v) is 9.37. The van der Waals surface area contributed by atoms with Crippen molar-refractivity contribution in [3.8, 4) is 5.75 Å². The zero-order chi connectivity index (χ0) is 18.9. The molecule has 0 radical (unpaired) electrons. The summed E-state index contributed by atoms with van der Waals surface area (Å²) in [6.45, 7) is 2.77. The van der Waals surface area contributed by atoms with Crippen LogP contribution in [0.15, 0.2) is 41.3 Å². The van der Waals surface area contributed by atoms with E-state index in [2.05, 4.69) is 10.0 Å². The van der Waals surface area contributed by atoms with Gasteiger partial charge in [0.25, 0.3) is 10.0 Å². The van der Waals surface area contributed by atoms with Gasteiger partial charge in [0.1, 0.15) is 0 Å². The highest BCUT2D eigenvalue weighted by atomic mass is 32.2. The lowest BCUT2D eigenvalue weighted by atomic mass is 10.1. The number of fused-ring (bicyclic) bond motifs is 1. The van der Waals surface area contributed by atoms with Gasteiger partial charge in [0.05, 0.1) is 12.0 Å². The largest absolute Gasteiger partial charge is 0.494 e. The second kappa shape index (κ2) is 6.83. The van der Waals surface area contributed by atoms with E-state index in [1.807, 2.05) is 6.92 Å². The standard InChI is InChI=1S/C17H18FN3O4S/c1-3-21-10-11-8-12(4-6-15(11)19-17(21)22)20-26(23,24)13-5-7-16(25-2)14(18)9-13/h4-9,20H,3,10H2,1-2H3,(H,19,22). The third-order valence-corrected chi connectivity index (χ3v) is 5.44. The number of ether oxygens (including phenoxy) is 1. The molecule has 0 saturated heterocycles. The van der Waals surface area contributed by atoms with E-state index in [0.29, 0.717) is 24.5 Å². The van der Waals surface area contributed by atoms with Crippen molar-refractivity contribution in [3.05, 3.63) is 47.8 Å². The number of nitrogens with one attached hydrogen (secondary N) is 2. The van der Waals surface area contributed by atoms with Crippen LogP contribution in [0.4, 0.5) is 20.6 Å². The van der Waals surface area contributed by atoms with Gasteiger partial charge in [-0.05, 0) is 48.9 Å². The van der Waals surface area contributed by atoms with Crippen molar-refractivity contribution in [1.29, 1.82) is 0 Å². The highest BCUT2D eigenvalue weighted by Crippen LogP contribution is 2.28. The molecule has 0 fully saturated rings. The minimum absolute atomic E-state index is 0.0341. The molecule has 0 aromatic heterocycles. The third-order valence-electron chi connectivity index (χ3n) is 4.06. The van der Waals surface area contributed by atoms with Crippen LogP contribution in [0.3, 0.4) is 0 Å². The second-order valence-corrected chi connectivity index (χ2v) is 7.40. The number of benzene rings is 2. The van der Waals surface area contributed by atoms with Crippen molar-refractivity contribution in [1.82, 2.24) is 4.90 Å². The normalized spacial score (nSPS) is 13.8. The van der Waals surface area contributed by atoms with Gasteiger partial charge in [-0.2, -0.15) is 0 Å². The third kappa shape index (κ3) is 3.43. The zero-order valence-electron chi connectivity index (χ0n) is 14.2. The summed E-state index contributed by atoms with van der Waals surface area (Å²) in [6, 6.07) is 8.05. The lowest BCUT2D eigenvalue weighted by molar-refractivity contribution is 0.210. The maximum atomic E-state index is 13.8. The van der Waals surface area contributed by atoms with Crippen molar-refractivity contribution < 1.29 is 22.3 Å². The molecule has 2 amide bonds. The molecule has 0 bridgehead atoms. The van der Waals surface area contributed by atoms with Crippen LogP contribution in [0.2, 0.25) is 0 Å². The molecule has 0 unspecified atom stereocenters. The van der Waals surface area contributed by atoms with Gasteiger partial charge in [-0.15, -0.1) is 0 Å². The van der Waals surface area contributed by atoms with E-state index in [4.69, 9.17) is 4.74 Å². The van der Waals surface area contributed by atoms with Gasteiger partial charge >= 0.3 is 6.03 Å². The van der Waals surface area contributed by atoms with Gasteiger partial charge in [0.15, 0.2) is 11.6 Å². The van der Waals surface area contributed by atoms with E-state index < -0.39 is 15.8 Å². The highest BCUT2D eigenvalue weighted by molar-refractivity contribution is 7.92. The first-order chi connectivity index (χ1) is 12.3. The Morgan fingerprint density at radius 3 is 2.69 bits per heavy atom. The van der Waals surface area contributed by atoms with Crippen LogP contribution in [0, 0.1) is 5.82 Å². The maximum absolute atomic E-state index is 13.8. The minimum atomic E-state index is -3.96. The molecular weight excluding hydrogens is 361 g/mol. The fourth-order valence-corrected chi connectivity index (χ4v) is 3.73. The molecule has 0 spiro atoms. The molecule has 2 N–H and O–H groups in total. The van der Waals surface area contributed by atoms with Crippen LogP contribution in [-0.2, 0) is 16.6 Å². The monoisotopic (exact) mass is 379 g/mol. The quantitative estimate of drug-likeness (QED) is 0.836. The van der Waals surface area contributed by atoms with E-state index >= 15 is 0 Å². The van der Waals surface area contributed by atoms with Gasteiger partial charge in [0, 0.05) is 24.5 Å². The first-order valence-electron chi connectivity index (χ1n) is 7.89. The zero-order valence-corrected chi connectivity index (χ0v) is 15.1. The molecule has 138 valence electrons. The molecule has 1 heterocycles. The maximum Gasteiger partial charge on any atom is 0.322 e. The molecule has 2 aromatic rings. The number of carbonyl (C=O) groups is 1. The van der Waals surface area contributed by atoms with Gasteiger partial charge in [-0.1, -0.05) is 0 Å². The molecular formula is C17H18FN3O4S. The fraction of sp³-hybridized carbons (Fsp3) is 0.235. The van der Waals surface area contributed by atoms with E-state index in [1.54, 1.807) is 17.0 Å². The Kier molecular flexibility index (Phi) is 4.73. The lowest BCUT2D eigenvalue weighted by Gasteiger charge is -2.28. The number of sulfonamides is 1. The Hall–Kier alpha value is -2.81. The summed E-state index contributed by atoms with van der Waals surface area (Å²) in [5.74, 6) is -0.796. The number of anilines is 2. The summed E-state index contributed by atoms with van der Waals surface area (Å²) in [5, 5.41) is 2.75. The number of urea groups is 1. The van der Waals surface area contributed by atoms with Gasteiger partial charge in [-0.3, -0.25) is 4.72 Å². The Labute approximate surface area is 150 Å². The molecule has 0 saturated carbocycles. The van der Waals surface area contributed by atoms with Crippen LogP contribution in [0.5, 0.6) is 5.75 Å². The SMILES string of the molecule is CCN1Cc2cc(NS(=O)(=O)c3ccc(OC)c(F)c3)ccc2NC1=O. The smallest absolute Gasteiger partial charge is 0.322 e. The number of methoxy groups -OCH3 is 1. The number of rotatable bonds is 5. The van der Waals surface area contributed by atoms with Crippen LogP contribution >= 0.6 is 0 Å². The van der Waals surface area contributed by atoms with E-state index in [1.165, 1.54) is 25.3 Å². The van der Waals surface area contributed by atoms with Crippen molar-refractivity contribution in [2.45, 2.75) is 18.4 Å². The van der Waals surface area contributed by atoms with Crippen LogP contribution in [-0.4, -0.2) is 33.0 Å². The van der Waals surface area contributed by atoms with Crippen LogP contribution in [0.1, 0.15) is 12.5 Å². The Bertz CT molecular complexity index is 962. The number of amides is 2. The molecule has 2 aromatic carbocycles. The predicted molar refractivity (Wildman–Crippen MR) is 95.3 cm³/mol. The summed E-state index contributed by atoms with van der Waals surface area (Å²) < 4.78 is 46.0. The second-order valence-electron chi connectivity index (χ2n) is 5.72. The Morgan fingerprint density at radius 2 is 2.04 bits per heavy atom. The van der Waals surface area contributed by atoms with Crippen molar-refractivity contribution >= 4 is 27.4 Å². The predicted octanol–water partition coefficient (Wildman–Crippen LogP) is 3.00. The molecule has 1 aliphatic heterocycles. The molecule has 7 nitrogen and oxygen atoms in total. The Balaban J connectivity index is 1.87. The van der Waals surface area contributed by atoms with Gasteiger partial charge < -0.3 is 15.0 Å². The van der Waals surface area contributed by atoms with Crippen LogP contribution in [0.25, 0.3) is 0 Å². The molecule has 26 heavy (non-hydrogen) atoms. The number of carbonyl (C=O) groups excluding carboxylic acids is 1. The average molecular weight is 379 g/mol. The molecule has 3 rings (SSSR count). The molecule has 9 heteroatoms. The Morgan fingerprint density at radius 1 is 1.27 bits per heavy atom. The number of hydrogen-bond donors (Lipinski definition) is 2. The van der Waals surface area contributed by atoms with Gasteiger partial charge in [0.2, 0.25) is 0 Å².